The second kappa shape index (κ2) is 6.47. The monoisotopic (exact) mass is 262 g/mol. The first kappa shape index (κ1) is 13.7. The second-order valence-electron chi connectivity index (χ2n) is 4.39. The van der Waals surface area contributed by atoms with Crippen molar-refractivity contribution in [3.8, 4) is 0 Å². The van der Waals surface area contributed by atoms with Crippen LogP contribution < -0.4 is 0 Å². The summed E-state index contributed by atoms with van der Waals surface area (Å²) in [6.45, 7) is 0.911. The summed E-state index contributed by atoms with van der Waals surface area (Å²) >= 11 is 0. The topological polar surface area (TPSA) is 76.6 Å². The maximum atomic E-state index is 12.3. The Morgan fingerprint density at radius 2 is 1.84 bits per heavy atom. The van der Waals surface area contributed by atoms with E-state index in [4.69, 9.17) is 10.2 Å². The second-order valence-corrected chi connectivity index (χ2v) is 4.39. The number of aromatic amines is 1. The molecule has 0 spiro atoms. The number of aromatic nitrogens is 1. The molecule has 0 unspecified atom stereocenters. The number of para-hydroxylation sites is 1. The third-order valence-electron chi connectivity index (χ3n) is 3.09. The van der Waals surface area contributed by atoms with Crippen LogP contribution in [-0.4, -0.2) is 58.7 Å². The predicted molar refractivity (Wildman–Crippen MR) is 73.2 cm³/mol. The van der Waals surface area contributed by atoms with Gasteiger partial charge in [-0.05, 0) is 6.07 Å². The van der Waals surface area contributed by atoms with Gasteiger partial charge in [0.1, 0.15) is 0 Å². The third-order valence-corrected chi connectivity index (χ3v) is 3.09. The van der Waals surface area contributed by atoms with Crippen molar-refractivity contribution >= 4 is 16.7 Å². The molecule has 0 radical (unpaired) electrons. The van der Waals surface area contributed by atoms with Crippen molar-refractivity contribution in [3.05, 3.63) is 36.0 Å². The number of H-pyrrole nitrogens is 1. The third kappa shape index (κ3) is 3.20. The summed E-state index contributed by atoms with van der Waals surface area (Å²) in [6.07, 6.45) is 1.71. The van der Waals surface area contributed by atoms with E-state index in [1.54, 1.807) is 11.1 Å². The van der Waals surface area contributed by atoms with Gasteiger partial charge in [-0.3, -0.25) is 9.69 Å². The molecule has 2 rings (SSSR count). The molecule has 0 amide bonds. The van der Waals surface area contributed by atoms with Crippen LogP contribution in [0.15, 0.2) is 30.5 Å². The molecular weight excluding hydrogens is 244 g/mol. The van der Waals surface area contributed by atoms with Crippen LogP contribution in [0.3, 0.4) is 0 Å². The van der Waals surface area contributed by atoms with Crippen molar-refractivity contribution in [1.82, 2.24) is 9.88 Å². The first-order valence-electron chi connectivity index (χ1n) is 6.29. The maximum Gasteiger partial charge on any atom is 0.178 e. The number of aliphatic hydroxyl groups is 2. The van der Waals surface area contributed by atoms with Gasteiger partial charge in [0.25, 0.3) is 0 Å². The van der Waals surface area contributed by atoms with Crippen molar-refractivity contribution in [2.45, 2.75) is 0 Å². The Balaban J connectivity index is 2.14. The standard InChI is InChI=1S/C14H18N2O3/c17-7-5-16(6-8-18)10-14(19)12-9-15-13-4-2-1-3-11(12)13/h1-4,9,15,17-18H,5-8,10H2. The molecular formula is C14H18N2O3. The number of aliphatic hydroxyl groups excluding tert-OH is 2. The lowest BCUT2D eigenvalue weighted by atomic mass is 10.1. The van der Waals surface area contributed by atoms with Gasteiger partial charge in [0.05, 0.1) is 19.8 Å². The Morgan fingerprint density at radius 3 is 2.53 bits per heavy atom. The molecule has 0 aliphatic heterocycles. The summed E-state index contributed by atoms with van der Waals surface area (Å²) in [5, 5.41) is 18.8. The Bertz CT molecular complexity index is 544. The van der Waals surface area contributed by atoms with Gasteiger partial charge in [-0.1, -0.05) is 18.2 Å². The largest absolute Gasteiger partial charge is 0.395 e. The molecule has 0 saturated heterocycles. The number of carbonyl (C=O) groups excluding carboxylic acids is 1. The molecule has 1 heterocycles. The number of rotatable bonds is 7. The number of hydrogen-bond acceptors (Lipinski definition) is 4. The molecule has 5 heteroatoms. The van der Waals surface area contributed by atoms with Gasteiger partial charge in [0.2, 0.25) is 0 Å². The van der Waals surface area contributed by atoms with E-state index in [1.165, 1.54) is 0 Å². The van der Waals surface area contributed by atoms with E-state index in [-0.39, 0.29) is 25.5 Å². The summed E-state index contributed by atoms with van der Waals surface area (Å²) < 4.78 is 0. The normalized spacial score (nSPS) is 11.3. The number of benzene rings is 1. The average molecular weight is 262 g/mol. The van der Waals surface area contributed by atoms with Gasteiger partial charge in [0, 0.05) is 35.8 Å². The minimum atomic E-state index is -0.0266. The average Bonchev–Trinajstić information content (AvgIpc) is 2.83. The SMILES string of the molecule is O=C(CN(CCO)CCO)c1c[nH]c2ccccc12. The van der Waals surface area contributed by atoms with E-state index in [1.807, 2.05) is 24.3 Å². The molecule has 0 aliphatic carbocycles. The number of nitrogens with one attached hydrogen (secondary N) is 1. The molecule has 0 atom stereocenters. The van der Waals surface area contributed by atoms with Crippen molar-refractivity contribution in [1.29, 1.82) is 0 Å². The molecule has 5 nitrogen and oxygen atoms in total. The minimum Gasteiger partial charge on any atom is -0.395 e. The first-order valence-corrected chi connectivity index (χ1v) is 6.29. The Labute approximate surface area is 111 Å². The summed E-state index contributed by atoms with van der Waals surface area (Å²) in [5.74, 6) is -0.0145. The molecule has 0 aliphatic rings. The zero-order valence-corrected chi connectivity index (χ0v) is 10.7. The van der Waals surface area contributed by atoms with E-state index in [0.29, 0.717) is 18.7 Å². The van der Waals surface area contributed by atoms with Crippen LogP contribution in [0.5, 0.6) is 0 Å². The molecule has 0 bridgehead atoms. The van der Waals surface area contributed by atoms with E-state index >= 15 is 0 Å². The van der Waals surface area contributed by atoms with Crippen molar-refractivity contribution in [2.75, 3.05) is 32.8 Å². The van der Waals surface area contributed by atoms with Gasteiger partial charge in [0.15, 0.2) is 5.78 Å². The van der Waals surface area contributed by atoms with Crippen LogP contribution in [0.1, 0.15) is 10.4 Å². The van der Waals surface area contributed by atoms with Crippen LogP contribution in [-0.2, 0) is 0 Å². The zero-order valence-electron chi connectivity index (χ0n) is 10.7. The number of carbonyl (C=O) groups is 1. The molecule has 0 saturated carbocycles. The van der Waals surface area contributed by atoms with Gasteiger partial charge >= 0.3 is 0 Å². The molecule has 19 heavy (non-hydrogen) atoms. The van der Waals surface area contributed by atoms with Gasteiger partial charge in [-0.2, -0.15) is 0 Å². The highest BCUT2D eigenvalue weighted by Crippen LogP contribution is 2.18. The predicted octanol–water partition coefficient (Wildman–Crippen LogP) is 0.637. The Morgan fingerprint density at radius 1 is 1.16 bits per heavy atom. The van der Waals surface area contributed by atoms with E-state index in [0.717, 1.165) is 10.9 Å². The summed E-state index contributed by atoms with van der Waals surface area (Å²) in [5.41, 5.74) is 1.58. The number of Topliss-reactive ketones (excluding diaryl/α,β-unsaturated/α-hetero) is 1. The molecule has 3 N–H and O–H groups in total. The fraction of sp³-hybridized carbons (Fsp3) is 0.357. The molecule has 0 fully saturated rings. The van der Waals surface area contributed by atoms with Crippen LogP contribution in [0.4, 0.5) is 0 Å². The lowest BCUT2D eigenvalue weighted by Gasteiger charge is -2.18. The fourth-order valence-corrected chi connectivity index (χ4v) is 2.14. The summed E-state index contributed by atoms with van der Waals surface area (Å²) in [4.78, 5) is 17.1. The lowest BCUT2D eigenvalue weighted by Crippen LogP contribution is -2.34. The number of ketones is 1. The molecule has 2 aromatic rings. The molecule has 1 aromatic carbocycles. The molecule has 102 valence electrons. The van der Waals surface area contributed by atoms with Crippen LogP contribution >= 0.6 is 0 Å². The van der Waals surface area contributed by atoms with Crippen molar-refractivity contribution in [3.63, 3.8) is 0 Å². The van der Waals surface area contributed by atoms with Gasteiger partial charge in [-0.25, -0.2) is 0 Å². The van der Waals surface area contributed by atoms with Crippen LogP contribution in [0.2, 0.25) is 0 Å². The molecule has 1 aromatic heterocycles. The van der Waals surface area contributed by atoms with E-state index < -0.39 is 0 Å². The van der Waals surface area contributed by atoms with Gasteiger partial charge < -0.3 is 15.2 Å². The van der Waals surface area contributed by atoms with Gasteiger partial charge in [-0.15, -0.1) is 0 Å². The Hall–Kier alpha value is -1.69. The van der Waals surface area contributed by atoms with E-state index in [9.17, 15) is 4.79 Å². The lowest BCUT2D eigenvalue weighted by molar-refractivity contribution is 0.0895. The highest BCUT2D eigenvalue weighted by Gasteiger charge is 2.15. The van der Waals surface area contributed by atoms with Crippen LogP contribution in [0, 0.1) is 0 Å². The summed E-state index contributed by atoms with van der Waals surface area (Å²) in [6, 6.07) is 7.63. The van der Waals surface area contributed by atoms with E-state index in [2.05, 4.69) is 4.98 Å². The number of nitrogens with zero attached hydrogens (tertiary/aromatic N) is 1. The zero-order chi connectivity index (χ0) is 13.7. The number of fused-ring (bicyclic) bond motifs is 1. The van der Waals surface area contributed by atoms with Crippen molar-refractivity contribution in [2.24, 2.45) is 0 Å². The quantitative estimate of drug-likeness (QED) is 0.640. The van der Waals surface area contributed by atoms with Crippen molar-refractivity contribution < 1.29 is 15.0 Å². The summed E-state index contributed by atoms with van der Waals surface area (Å²) in [7, 11) is 0. The highest BCUT2D eigenvalue weighted by atomic mass is 16.3. The van der Waals surface area contributed by atoms with Crippen LogP contribution in [0.25, 0.3) is 10.9 Å². The maximum absolute atomic E-state index is 12.3. The first-order chi connectivity index (χ1) is 9.26. The smallest absolute Gasteiger partial charge is 0.178 e. The minimum absolute atomic E-state index is 0.0145. The fourth-order valence-electron chi connectivity index (χ4n) is 2.14. The number of hydrogen-bond donors (Lipinski definition) is 3. The Kier molecular flexibility index (Phi) is 4.68. The highest BCUT2D eigenvalue weighted by molar-refractivity contribution is 6.08.